The smallest absolute Gasteiger partial charge is 0.335 e. The molecule has 1 saturated heterocycles. The molecule has 0 amide bonds. The van der Waals surface area contributed by atoms with Crippen LogP contribution >= 0.6 is 0 Å². The van der Waals surface area contributed by atoms with E-state index in [0.29, 0.717) is 30.5 Å². The first-order valence-corrected chi connectivity index (χ1v) is 8.90. The molecule has 1 spiro atoms. The van der Waals surface area contributed by atoms with E-state index in [1.807, 2.05) is 0 Å². The third kappa shape index (κ3) is 2.45. The highest BCUT2D eigenvalue weighted by Gasteiger charge is 2.53. The van der Waals surface area contributed by atoms with Gasteiger partial charge in [0.15, 0.2) is 0 Å². The number of rotatable bonds is 3. The van der Waals surface area contributed by atoms with E-state index in [4.69, 9.17) is 0 Å². The lowest BCUT2D eigenvalue weighted by atomic mass is 9.60. The van der Waals surface area contributed by atoms with Gasteiger partial charge in [-0.25, -0.2) is 9.18 Å². The van der Waals surface area contributed by atoms with Gasteiger partial charge in [-0.15, -0.1) is 0 Å². The highest BCUT2D eigenvalue weighted by Crippen LogP contribution is 2.51. The minimum atomic E-state index is -1.05. The molecule has 0 bridgehead atoms. The van der Waals surface area contributed by atoms with Gasteiger partial charge in [0.25, 0.3) is 0 Å². The van der Waals surface area contributed by atoms with Crippen LogP contribution in [0.4, 0.5) is 4.39 Å². The van der Waals surface area contributed by atoms with Crippen LogP contribution < -0.4 is 0 Å². The van der Waals surface area contributed by atoms with Gasteiger partial charge < -0.3 is 10.0 Å². The Hall–Kier alpha value is -1.46. The lowest BCUT2D eigenvalue weighted by Crippen LogP contribution is -2.66. The van der Waals surface area contributed by atoms with E-state index in [1.165, 1.54) is 32.0 Å². The summed E-state index contributed by atoms with van der Waals surface area (Å²) >= 11 is 0. The molecule has 2 heterocycles. The fraction of sp³-hybridized carbons (Fsp3) is 0.632. The highest BCUT2D eigenvalue weighted by molar-refractivity contribution is 5.88. The molecular formula is C19H25FN2O2. The van der Waals surface area contributed by atoms with Crippen LogP contribution in [0.1, 0.15) is 47.7 Å². The first-order chi connectivity index (χ1) is 11.4. The van der Waals surface area contributed by atoms with Crippen LogP contribution in [0.5, 0.6) is 0 Å². The Morgan fingerprint density at radius 2 is 2.08 bits per heavy atom. The number of hydrogen-bond donors (Lipinski definition) is 1. The number of carboxylic acid groups (broad SMARTS) is 1. The predicted octanol–water partition coefficient (Wildman–Crippen LogP) is 2.75. The number of halogens is 1. The van der Waals surface area contributed by atoms with Crippen LogP contribution in [-0.2, 0) is 13.0 Å². The summed E-state index contributed by atoms with van der Waals surface area (Å²) in [5.74, 6) is -1.41. The van der Waals surface area contributed by atoms with Crippen molar-refractivity contribution in [1.82, 2.24) is 9.80 Å². The third-order valence-corrected chi connectivity index (χ3v) is 6.28. The summed E-state index contributed by atoms with van der Waals surface area (Å²) in [6.45, 7) is 5.24. The number of carboxylic acids is 1. The van der Waals surface area contributed by atoms with Crippen LogP contribution in [0.2, 0.25) is 0 Å². The molecule has 1 atom stereocenters. The molecule has 4 nitrogen and oxygen atoms in total. The lowest BCUT2D eigenvalue weighted by molar-refractivity contribution is -0.112. The normalized spacial score (nSPS) is 26.7. The molecule has 0 radical (unpaired) electrons. The fourth-order valence-electron chi connectivity index (χ4n) is 5.20. The topological polar surface area (TPSA) is 43.8 Å². The second kappa shape index (κ2) is 5.53. The molecule has 2 fully saturated rings. The van der Waals surface area contributed by atoms with Crippen molar-refractivity contribution < 1.29 is 14.3 Å². The van der Waals surface area contributed by atoms with Gasteiger partial charge in [-0.2, -0.15) is 0 Å². The van der Waals surface area contributed by atoms with E-state index in [0.717, 1.165) is 17.5 Å². The molecule has 1 saturated carbocycles. The second-order valence-electron chi connectivity index (χ2n) is 8.07. The van der Waals surface area contributed by atoms with Crippen molar-refractivity contribution in [3.8, 4) is 0 Å². The minimum absolute atomic E-state index is 0.0619. The van der Waals surface area contributed by atoms with Crippen molar-refractivity contribution in [3.05, 3.63) is 34.6 Å². The molecule has 1 aromatic rings. The SMILES string of the molecule is CC[C@@H]1Cc2c(F)cc(C(=O)O)cc2CN1C1CC2(C1)CN(C)C2. The van der Waals surface area contributed by atoms with Gasteiger partial charge in [0.1, 0.15) is 5.82 Å². The molecule has 4 rings (SSSR count). The van der Waals surface area contributed by atoms with Crippen molar-refractivity contribution >= 4 is 5.97 Å². The first-order valence-electron chi connectivity index (χ1n) is 8.90. The maximum atomic E-state index is 14.4. The van der Waals surface area contributed by atoms with Gasteiger partial charge in [0.05, 0.1) is 5.56 Å². The second-order valence-corrected chi connectivity index (χ2v) is 8.07. The van der Waals surface area contributed by atoms with Crippen molar-refractivity contribution in [2.24, 2.45) is 5.41 Å². The van der Waals surface area contributed by atoms with Gasteiger partial charge in [0.2, 0.25) is 0 Å². The number of likely N-dealkylation sites (tertiary alicyclic amines) is 1. The van der Waals surface area contributed by atoms with E-state index in [-0.39, 0.29) is 11.4 Å². The van der Waals surface area contributed by atoms with Crippen LogP contribution in [0, 0.1) is 11.2 Å². The largest absolute Gasteiger partial charge is 0.478 e. The molecular weight excluding hydrogens is 307 g/mol. The molecule has 0 unspecified atom stereocenters. The molecule has 1 aliphatic carbocycles. The molecule has 3 aliphatic rings. The number of hydrogen-bond acceptors (Lipinski definition) is 3. The van der Waals surface area contributed by atoms with Crippen molar-refractivity contribution in [3.63, 3.8) is 0 Å². The van der Waals surface area contributed by atoms with E-state index in [1.54, 1.807) is 6.07 Å². The summed E-state index contributed by atoms with van der Waals surface area (Å²) in [6, 6.07) is 3.77. The number of carbonyl (C=O) groups is 1. The summed E-state index contributed by atoms with van der Waals surface area (Å²) < 4.78 is 14.4. The molecule has 2 aliphatic heterocycles. The highest BCUT2D eigenvalue weighted by atomic mass is 19.1. The van der Waals surface area contributed by atoms with Gasteiger partial charge in [-0.05, 0) is 61.4 Å². The Morgan fingerprint density at radius 1 is 1.38 bits per heavy atom. The Bertz CT molecular complexity index is 676. The number of aromatic carboxylic acids is 1. The van der Waals surface area contributed by atoms with Gasteiger partial charge >= 0.3 is 5.97 Å². The fourth-order valence-corrected chi connectivity index (χ4v) is 5.20. The summed E-state index contributed by atoms with van der Waals surface area (Å²) in [5, 5.41) is 9.19. The van der Waals surface area contributed by atoms with Crippen LogP contribution in [-0.4, -0.2) is 53.1 Å². The average Bonchev–Trinajstić information content (AvgIpc) is 2.48. The molecule has 1 aromatic carbocycles. The molecule has 1 N–H and O–H groups in total. The maximum absolute atomic E-state index is 14.4. The summed E-state index contributed by atoms with van der Waals surface area (Å²) in [4.78, 5) is 16.1. The van der Waals surface area contributed by atoms with Crippen molar-refractivity contribution in [2.75, 3.05) is 20.1 Å². The van der Waals surface area contributed by atoms with E-state index < -0.39 is 5.97 Å². The third-order valence-electron chi connectivity index (χ3n) is 6.28. The Kier molecular flexibility index (Phi) is 3.69. The first kappa shape index (κ1) is 16.0. The van der Waals surface area contributed by atoms with Crippen LogP contribution in [0.15, 0.2) is 12.1 Å². The van der Waals surface area contributed by atoms with E-state index in [2.05, 4.69) is 23.8 Å². The van der Waals surface area contributed by atoms with Crippen LogP contribution in [0.25, 0.3) is 0 Å². The zero-order chi connectivity index (χ0) is 17.1. The quantitative estimate of drug-likeness (QED) is 0.924. The lowest BCUT2D eigenvalue weighted by Gasteiger charge is -2.62. The van der Waals surface area contributed by atoms with Gasteiger partial charge in [-0.3, -0.25) is 4.90 Å². The summed E-state index contributed by atoms with van der Waals surface area (Å²) in [5.41, 5.74) is 2.17. The number of benzene rings is 1. The number of fused-ring (bicyclic) bond motifs is 1. The average molecular weight is 332 g/mol. The summed E-state index contributed by atoms with van der Waals surface area (Å²) in [7, 11) is 2.17. The Balaban J connectivity index is 1.56. The Labute approximate surface area is 142 Å². The minimum Gasteiger partial charge on any atom is -0.478 e. The van der Waals surface area contributed by atoms with Crippen LogP contribution in [0.3, 0.4) is 0 Å². The molecule has 24 heavy (non-hydrogen) atoms. The monoisotopic (exact) mass is 332 g/mol. The van der Waals surface area contributed by atoms with Gasteiger partial charge in [-0.1, -0.05) is 6.92 Å². The molecule has 130 valence electrons. The molecule has 0 aromatic heterocycles. The van der Waals surface area contributed by atoms with Gasteiger partial charge in [0, 0.05) is 31.7 Å². The standard InChI is InChI=1S/C19H25FN2O2/c1-3-14-6-16-13(4-12(18(23)24)5-17(16)20)9-22(14)15-7-19(8-15)10-21(2)11-19/h4-5,14-15H,3,6-11H2,1-2H3,(H,23,24)/t14-/m1/s1. The zero-order valence-corrected chi connectivity index (χ0v) is 14.4. The number of nitrogens with zero attached hydrogens (tertiary/aromatic N) is 2. The van der Waals surface area contributed by atoms with E-state index in [9.17, 15) is 14.3 Å². The predicted molar refractivity (Wildman–Crippen MR) is 89.6 cm³/mol. The summed E-state index contributed by atoms with van der Waals surface area (Å²) in [6.07, 6.45) is 4.15. The maximum Gasteiger partial charge on any atom is 0.335 e. The van der Waals surface area contributed by atoms with E-state index >= 15 is 0 Å². The van der Waals surface area contributed by atoms with Crippen molar-refractivity contribution in [2.45, 2.75) is 51.2 Å². The Morgan fingerprint density at radius 3 is 2.67 bits per heavy atom. The zero-order valence-electron chi connectivity index (χ0n) is 14.4. The molecule has 5 heteroatoms. The van der Waals surface area contributed by atoms with Crippen molar-refractivity contribution in [1.29, 1.82) is 0 Å².